The summed E-state index contributed by atoms with van der Waals surface area (Å²) in [7, 11) is 0. The van der Waals surface area contributed by atoms with Crippen LogP contribution in [0.2, 0.25) is 0 Å². The third-order valence-corrected chi connectivity index (χ3v) is 3.90. The van der Waals surface area contributed by atoms with Gasteiger partial charge in [0, 0.05) is 12.3 Å². The summed E-state index contributed by atoms with van der Waals surface area (Å²) in [6.45, 7) is 1.65. The molecule has 0 saturated heterocycles. The minimum atomic E-state index is -0.820. The summed E-state index contributed by atoms with van der Waals surface area (Å²) in [4.78, 5) is 12.2. The molecule has 0 unspecified atom stereocenters. The zero-order valence-electron chi connectivity index (χ0n) is 14.1. The van der Waals surface area contributed by atoms with Gasteiger partial charge in [-0.15, -0.1) is 0 Å². The molecule has 6 nitrogen and oxygen atoms in total. The number of halogens is 1. The molecule has 2 rings (SSSR count). The summed E-state index contributed by atoms with van der Waals surface area (Å²) in [6.07, 6.45) is -1.22. The van der Waals surface area contributed by atoms with Crippen molar-refractivity contribution in [1.29, 1.82) is 5.26 Å². The lowest BCUT2D eigenvalue weighted by Crippen LogP contribution is -2.22. The molecule has 2 aromatic carbocycles. The molecule has 0 heterocycles. The van der Waals surface area contributed by atoms with Crippen LogP contribution in [-0.4, -0.2) is 22.9 Å². The predicted octanol–water partition coefficient (Wildman–Crippen LogP) is 3.71. The van der Waals surface area contributed by atoms with E-state index in [9.17, 15) is 14.3 Å². The van der Waals surface area contributed by atoms with E-state index in [0.717, 1.165) is 6.07 Å². The topological polar surface area (TPSA) is 103 Å². The quantitative estimate of drug-likeness (QED) is 0.730. The van der Waals surface area contributed by atoms with Crippen LogP contribution in [0.15, 0.2) is 42.5 Å². The van der Waals surface area contributed by atoms with Crippen LogP contribution in [0, 0.1) is 23.1 Å². The second kappa shape index (κ2) is 8.83. The van der Waals surface area contributed by atoms with Crippen molar-refractivity contribution in [3.05, 3.63) is 59.4 Å². The van der Waals surface area contributed by atoms with E-state index < -0.39 is 23.8 Å². The first-order valence-electron chi connectivity index (χ1n) is 8.01. The Morgan fingerprint density at radius 3 is 2.58 bits per heavy atom. The molecule has 2 atom stereocenters. The molecule has 7 heteroatoms. The van der Waals surface area contributed by atoms with Crippen molar-refractivity contribution in [2.45, 2.75) is 19.4 Å². The van der Waals surface area contributed by atoms with Gasteiger partial charge in [-0.25, -0.2) is 9.18 Å². The van der Waals surface area contributed by atoms with Crippen molar-refractivity contribution in [2.24, 2.45) is 5.92 Å². The van der Waals surface area contributed by atoms with Gasteiger partial charge in [-0.2, -0.15) is 5.26 Å². The molecule has 0 saturated carbocycles. The molecule has 0 aliphatic rings. The summed E-state index contributed by atoms with van der Waals surface area (Å²) < 4.78 is 19.1. The van der Waals surface area contributed by atoms with Crippen molar-refractivity contribution >= 4 is 11.8 Å². The van der Waals surface area contributed by atoms with Gasteiger partial charge in [-0.05, 0) is 54.3 Å². The molecule has 0 bridgehead atoms. The van der Waals surface area contributed by atoms with Crippen LogP contribution in [0.25, 0.3) is 0 Å². The van der Waals surface area contributed by atoms with Gasteiger partial charge in [0.05, 0.1) is 11.6 Å². The van der Waals surface area contributed by atoms with Gasteiger partial charge in [0.15, 0.2) is 11.6 Å². The standard InChI is InChI=1S/C19H19FN2O4/c1-12(8-9-23)18(14-4-7-17(24)16(20)10-14)26-19(25)22-15-5-2-13(11-21)3-6-15/h2-7,10,12,18,23-24H,8-9H2,1H3,(H,22,25)/t12-,18-/m0/s1. The third-order valence-electron chi connectivity index (χ3n) is 3.90. The van der Waals surface area contributed by atoms with E-state index in [1.165, 1.54) is 12.1 Å². The molecule has 2 aromatic rings. The first kappa shape index (κ1) is 19.2. The molecule has 0 radical (unpaired) electrons. The molecule has 1 amide bonds. The number of hydrogen-bond donors (Lipinski definition) is 3. The number of phenolic OH excluding ortho intramolecular Hbond substituents is 1. The van der Waals surface area contributed by atoms with E-state index in [1.54, 1.807) is 31.2 Å². The lowest BCUT2D eigenvalue weighted by Gasteiger charge is -2.24. The summed E-state index contributed by atoms with van der Waals surface area (Å²) in [6, 6.07) is 12.0. The zero-order chi connectivity index (χ0) is 19.1. The van der Waals surface area contributed by atoms with E-state index in [2.05, 4.69) is 5.32 Å². The maximum absolute atomic E-state index is 13.7. The van der Waals surface area contributed by atoms with Crippen molar-refractivity contribution < 1.29 is 24.1 Å². The highest BCUT2D eigenvalue weighted by atomic mass is 19.1. The van der Waals surface area contributed by atoms with Crippen molar-refractivity contribution in [3.63, 3.8) is 0 Å². The highest BCUT2D eigenvalue weighted by Gasteiger charge is 2.24. The third kappa shape index (κ3) is 4.94. The number of nitriles is 1. The van der Waals surface area contributed by atoms with Gasteiger partial charge in [0.2, 0.25) is 0 Å². The number of anilines is 1. The summed E-state index contributed by atoms with van der Waals surface area (Å²) in [5, 5.41) is 29.8. The second-order valence-corrected chi connectivity index (χ2v) is 5.84. The Labute approximate surface area is 150 Å². The lowest BCUT2D eigenvalue weighted by atomic mass is 9.94. The van der Waals surface area contributed by atoms with Crippen molar-refractivity contribution in [1.82, 2.24) is 0 Å². The number of rotatable bonds is 6. The molecule has 0 aliphatic carbocycles. The Kier molecular flexibility index (Phi) is 6.53. The number of aromatic hydroxyl groups is 1. The molecule has 26 heavy (non-hydrogen) atoms. The zero-order valence-corrected chi connectivity index (χ0v) is 14.1. The monoisotopic (exact) mass is 358 g/mol. The van der Waals surface area contributed by atoms with Gasteiger partial charge < -0.3 is 14.9 Å². The fraction of sp³-hybridized carbons (Fsp3) is 0.263. The molecular weight excluding hydrogens is 339 g/mol. The van der Waals surface area contributed by atoms with E-state index >= 15 is 0 Å². The van der Waals surface area contributed by atoms with Crippen LogP contribution < -0.4 is 5.32 Å². The average molecular weight is 358 g/mol. The van der Waals surface area contributed by atoms with Crippen molar-refractivity contribution in [2.75, 3.05) is 11.9 Å². The smallest absolute Gasteiger partial charge is 0.412 e. The van der Waals surface area contributed by atoms with Gasteiger partial charge in [0.25, 0.3) is 0 Å². The number of aliphatic hydroxyl groups is 1. The first-order valence-corrected chi connectivity index (χ1v) is 8.01. The number of phenols is 1. The number of aliphatic hydroxyl groups excluding tert-OH is 1. The van der Waals surface area contributed by atoms with Gasteiger partial charge in [-0.1, -0.05) is 13.0 Å². The molecule has 3 N–H and O–H groups in total. The number of carbonyl (C=O) groups is 1. The number of nitrogens with one attached hydrogen (secondary N) is 1. The Morgan fingerprint density at radius 2 is 2.00 bits per heavy atom. The fourth-order valence-electron chi connectivity index (χ4n) is 2.46. The lowest BCUT2D eigenvalue weighted by molar-refractivity contribution is 0.0665. The van der Waals surface area contributed by atoms with Crippen LogP contribution in [0.1, 0.15) is 30.6 Å². The maximum Gasteiger partial charge on any atom is 0.412 e. The van der Waals surface area contributed by atoms with E-state index in [-0.39, 0.29) is 12.5 Å². The minimum Gasteiger partial charge on any atom is -0.505 e. The number of nitrogens with zero attached hydrogens (tertiary/aromatic N) is 1. The summed E-state index contributed by atoms with van der Waals surface area (Å²) in [5.41, 5.74) is 1.27. The highest BCUT2D eigenvalue weighted by Crippen LogP contribution is 2.31. The second-order valence-electron chi connectivity index (χ2n) is 5.84. The Morgan fingerprint density at radius 1 is 1.31 bits per heavy atom. The van der Waals surface area contributed by atoms with Crippen LogP contribution in [-0.2, 0) is 4.74 Å². The Balaban J connectivity index is 2.15. The normalized spacial score (nSPS) is 12.7. The van der Waals surface area contributed by atoms with Gasteiger partial charge in [-0.3, -0.25) is 5.32 Å². The van der Waals surface area contributed by atoms with E-state index in [1.807, 2.05) is 6.07 Å². The molecular formula is C19H19FN2O4. The van der Waals surface area contributed by atoms with Gasteiger partial charge in [0.1, 0.15) is 6.10 Å². The maximum atomic E-state index is 13.7. The Bertz CT molecular complexity index is 802. The summed E-state index contributed by atoms with van der Waals surface area (Å²) in [5.74, 6) is -1.60. The van der Waals surface area contributed by atoms with Crippen molar-refractivity contribution in [3.8, 4) is 11.8 Å². The molecule has 0 aliphatic heterocycles. The molecule has 0 spiro atoms. The summed E-state index contributed by atoms with van der Waals surface area (Å²) >= 11 is 0. The van der Waals surface area contributed by atoms with Crippen LogP contribution in [0.3, 0.4) is 0 Å². The largest absolute Gasteiger partial charge is 0.505 e. The Hall–Kier alpha value is -3.11. The number of carbonyl (C=O) groups excluding carboxylic acids is 1. The van der Waals surface area contributed by atoms with Crippen LogP contribution in [0.4, 0.5) is 14.9 Å². The SMILES string of the molecule is C[C@@H](CCO)[C@H](OC(=O)Nc1ccc(C#N)cc1)c1ccc(O)c(F)c1. The predicted molar refractivity (Wildman–Crippen MR) is 92.9 cm³/mol. The number of benzene rings is 2. The van der Waals surface area contributed by atoms with Crippen LogP contribution >= 0.6 is 0 Å². The molecule has 0 fully saturated rings. The highest BCUT2D eigenvalue weighted by molar-refractivity contribution is 5.84. The average Bonchev–Trinajstić information content (AvgIpc) is 2.63. The fourth-order valence-corrected chi connectivity index (χ4v) is 2.46. The van der Waals surface area contributed by atoms with Crippen LogP contribution in [0.5, 0.6) is 5.75 Å². The number of hydrogen-bond acceptors (Lipinski definition) is 5. The molecule has 136 valence electrons. The van der Waals surface area contributed by atoms with Gasteiger partial charge >= 0.3 is 6.09 Å². The minimum absolute atomic E-state index is 0.112. The van der Waals surface area contributed by atoms with E-state index in [0.29, 0.717) is 23.2 Å². The van der Waals surface area contributed by atoms with E-state index in [4.69, 9.17) is 15.1 Å². The first-order chi connectivity index (χ1) is 12.4. The molecule has 0 aromatic heterocycles. The number of ether oxygens (including phenoxy) is 1. The number of amides is 1.